The molecule has 0 radical (unpaired) electrons. The van der Waals surface area contributed by atoms with Crippen LogP contribution in [-0.2, 0) is 9.53 Å². The number of nitrogens with zero attached hydrogens (tertiary/aromatic N) is 1. The fourth-order valence-corrected chi connectivity index (χ4v) is 2.58. The first kappa shape index (κ1) is 13.9. The average Bonchev–Trinajstić information content (AvgIpc) is 2.77. The van der Waals surface area contributed by atoms with E-state index in [0.717, 1.165) is 16.2 Å². The molecule has 1 heterocycles. The molecule has 0 saturated heterocycles. The van der Waals surface area contributed by atoms with Gasteiger partial charge < -0.3 is 15.5 Å². The monoisotopic (exact) mass is 279 g/mol. The standard InChI is InChI=1S/C13H17N3O2S/c1-8-4-5-9-10(6-8)16-12(15-9)19-7-13(2,14)11(17)18-3/h4-6H,7,14H2,1-3H3,(H,15,16). The van der Waals surface area contributed by atoms with Crippen LogP contribution in [0, 0.1) is 6.92 Å². The van der Waals surface area contributed by atoms with E-state index in [4.69, 9.17) is 5.73 Å². The lowest BCUT2D eigenvalue weighted by molar-refractivity contribution is -0.145. The van der Waals surface area contributed by atoms with Gasteiger partial charge in [0.05, 0.1) is 18.1 Å². The molecule has 2 aromatic rings. The fourth-order valence-electron chi connectivity index (χ4n) is 1.68. The topological polar surface area (TPSA) is 81.0 Å². The second-order valence-corrected chi connectivity index (χ2v) is 5.72. The zero-order valence-corrected chi connectivity index (χ0v) is 12.0. The lowest BCUT2D eigenvalue weighted by atomic mass is 10.1. The molecular weight excluding hydrogens is 262 g/mol. The molecule has 0 aliphatic rings. The number of hydrogen-bond donors (Lipinski definition) is 2. The van der Waals surface area contributed by atoms with E-state index in [1.54, 1.807) is 6.92 Å². The minimum absolute atomic E-state index is 0.401. The van der Waals surface area contributed by atoms with Gasteiger partial charge in [0.2, 0.25) is 0 Å². The Morgan fingerprint density at radius 3 is 3.00 bits per heavy atom. The number of rotatable bonds is 4. The van der Waals surface area contributed by atoms with Crippen molar-refractivity contribution in [3.8, 4) is 0 Å². The number of thioether (sulfide) groups is 1. The van der Waals surface area contributed by atoms with Crippen LogP contribution >= 0.6 is 11.8 Å². The molecule has 2 rings (SSSR count). The van der Waals surface area contributed by atoms with Gasteiger partial charge in [0.1, 0.15) is 5.54 Å². The number of H-pyrrole nitrogens is 1. The smallest absolute Gasteiger partial charge is 0.326 e. The molecule has 6 heteroatoms. The first-order valence-electron chi connectivity index (χ1n) is 5.89. The summed E-state index contributed by atoms with van der Waals surface area (Å²) in [6.45, 7) is 3.68. The summed E-state index contributed by atoms with van der Waals surface area (Å²) in [7, 11) is 1.34. The van der Waals surface area contributed by atoms with Gasteiger partial charge in [-0.25, -0.2) is 4.98 Å². The molecule has 1 aromatic carbocycles. The van der Waals surface area contributed by atoms with Gasteiger partial charge in [0, 0.05) is 5.75 Å². The van der Waals surface area contributed by atoms with E-state index in [-0.39, 0.29) is 0 Å². The average molecular weight is 279 g/mol. The molecular formula is C13H17N3O2S. The SMILES string of the molecule is COC(=O)C(C)(N)CSc1nc2ccc(C)cc2[nH]1. The second kappa shape index (κ2) is 5.22. The number of ether oxygens (including phenoxy) is 1. The number of carbonyl (C=O) groups is 1. The Kier molecular flexibility index (Phi) is 3.82. The number of methoxy groups -OCH3 is 1. The first-order chi connectivity index (χ1) is 8.92. The summed E-state index contributed by atoms with van der Waals surface area (Å²) in [6, 6.07) is 6.01. The normalized spacial score (nSPS) is 14.3. The Hall–Kier alpha value is -1.53. The van der Waals surface area contributed by atoms with Crippen LogP contribution in [0.3, 0.4) is 0 Å². The van der Waals surface area contributed by atoms with Gasteiger partial charge in [0.25, 0.3) is 0 Å². The summed E-state index contributed by atoms with van der Waals surface area (Å²) in [5.74, 6) is -0.0228. The lowest BCUT2D eigenvalue weighted by Gasteiger charge is -2.19. The molecule has 0 fully saturated rings. The van der Waals surface area contributed by atoms with Gasteiger partial charge in [0.15, 0.2) is 5.16 Å². The number of aromatic amines is 1. The zero-order valence-electron chi connectivity index (χ0n) is 11.2. The molecule has 0 aliphatic carbocycles. The van der Waals surface area contributed by atoms with Crippen molar-refractivity contribution in [3.05, 3.63) is 23.8 Å². The third-order valence-electron chi connectivity index (χ3n) is 2.78. The maximum atomic E-state index is 11.5. The number of fused-ring (bicyclic) bond motifs is 1. The summed E-state index contributed by atoms with van der Waals surface area (Å²) in [4.78, 5) is 19.1. The van der Waals surface area contributed by atoms with Crippen molar-refractivity contribution in [1.29, 1.82) is 0 Å². The van der Waals surface area contributed by atoms with E-state index in [1.807, 2.05) is 25.1 Å². The zero-order chi connectivity index (χ0) is 14.0. The molecule has 102 valence electrons. The van der Waals surface area contributed by atoms with E-state index in [9.17, 15) is 4.79 Å². The van der Waals surface area contributed by atoms with Crippen LogP contribution in [0.25, 0.3) is 11.0 Å². The highest BCUT2D eigenvalue weighted by atomic mass is 32.2. The third-order valence-corrected chi connectivity index (χ3v) is 3.99. The van der Waals surface area contributed by atoms with Crippen LogP contribution in [0.4, 0.5) is 0 Å². The number of imidazole rings is 1. The van der Waals surface area contributed by atoms with E-state index in [1.165, 1.54) is 24.4 Å². The molecule has 0 amide bonds. The van der Waals surface area contributed by atoms with E-state index < -0.39 is 11.5 Å². The van der Waals surface area contributed by atoms with Crippen molar-refractivity contribution in [2.45, 2.75) is 24.5 Å². The molecule has 0 bridgehead atoms. The number of aromatic nitrogens is 2. The number of hydrogen-bond acceptors (Lipinski definition) is 5. The van der Waals surface area contributed by atoms with E-state index in [0.29, 0.717) is 5.75 Å². The lowest BCUT2D eigenvalue weighted by Crippen LogP contribution is -2.48. The molecule has 1 unspecified atom stereocenters. The molecule has 0 aliphatic heterocycles. The molecule has 0 spiro atoms. The van der Waals surface area contributed by atoms with Gasteiger partial charge in [-0.15, -0.1) is 0 Å². The number of benzene rings is 1. The predicted molar refractivity (Wildman–Crippen MR) is 76.2 cm³/mol. The summed E-state index contributed by atoms with van der Waals surface area (Å²) >= 11 is 1.41. The quantitative estimate of drug-likeness (QED) is 0.659. The number of nitrogens with two attached hydrogens (primary N) is 1. The predicted octanol–water partition coefficient (Wildman–Crippen LogP) is 1.85. The highest BCUT2D eigenvalue weighted by Crippen LogP contribution is 2.23. The molecule has 0 saturated carbocycles. The van der Waals surface area contributed by atoms with Crippen molar-refractivity contribution in [2.24, 2.45) is 5.73 Å². The Balaban J connectivity index is 2.12. The van der Waals surface area contributed by atoms with Crippen molar-refractivity contribution in [1.82, 2.24) is 9.97 Å². The van der Waals surface area contributed by atoms with Crippen molar-refractivity contribution >= 4 is 28.8 Å². The summed E-state index contributed by atoms with van der Waals surface area (Å²) < 4.78 is 4.67. The minimum atomic E-state index is -1.02. The molecule has 3 N–H and O–H groups in total. The van der Waals surface area contributed by atoms with Crippen LogP contribution in [0.1, 0.15) is 12.5 Å². The van der Waals surface area contributed by atoms with Crippen molar-refractivity contribution in [3.63, 3.8) is 0 Å². The maximum Gasteiger partial charge on any atom is 0.326 e. The Morgan fingerprint density at radius 2 is 2.32 bits per heavy atom. The second-order valence-electron chi connectivity index (χ2n) is 4.76. The van der Waals surface area contributed by atoms with Crippen LogP contribution in [0.2, 0.25) is 0 Å². The molecule has 1 aromatic heterocycles. The van der Waals surface area contributed by atoms with Gasteiger partial charge in [-0.1, -0.05) is 17.8 Å². The summed E-state index contributed by atoms with van der Waals surface area (Å²) in [6.07, 6.45) is 0. The summed E-state index contributed by atoms with van der Waals surface area (Å²) in [5, 5.41) is 0.751. The van der Waals surface area contributed by atoms with Crippen LogP contribution < -0.4 is 5.73 Å². The van der Waals surface area contributed by atoms with E-state index in [2.05, 4.69) is 14.7 Å². The minimum Gasteiger partial charge on any atom is -0.468 e. The maximum absolute atomic E-state index is 11.5. The van der Waals surface area contributed by atoms with Gasteiger partial charge >= 0.3 is 5.97 Å². The Labute approximate surface area is 115 Å². The molecule has 19 heavy (non-hydrogen) atoms. The summed E-state index contributed by atoms with van der Waals surface area (Å²) in [5.41, 5.74) is 7.95. The Bertz CT molecular complexity index is 607. The van der Waals surface area contributed by atoms with Gasteiger partial charge in [-0.3, -0.25) is 4.79 Å². The van der Waals surface area contributed by atoms with Crippen LogP contribution in [0.15, 0.2) is 23.4 Å². The molecule has 1 atom stereocenters. The highest BCUT2D eigenvalue weighted by Gasteiger charge is 2.29. The van der Waals surface area contributed by atoms with E-state index >= 15 is 0 Å². The number of nitrogens with one attached hydrogen (secondary N) is 1. The number of aryl methyl sites for hydroxylation is 1. The number of carbonyl (C=O) groups excluding carboxylic acids is 1. The third kappa shape index (κ3) is 3.08. The van der Waals surface area contributed by atoms with Crippen LogP contribution in [-0.4, -0.2) is 34.3 Å². The molecule has 5 nitrogen and oxygen atoms in total. The van der Waals surface area contributed by atoms with Crippen molar-refractivity contribution < 1.29 is 9.53 Å². The highest BCUT2D eigenvalue weighted by molar-refractivity contribution is 7.99. The van der Waals surface area contributed by atoms with Gasteiger partial charge in [-0.2, -0.15) is 0 Å². The first-order valence-corrected chi connectivity index (χ1v) is 6.87. The largest absolute Gasteiger partial charge is 0.468 e. The number of esters is 1. The van der Waals surface area contributed by atoms with Gasteiger partial charge in [-0.05, 0) is 31.5 Å². The Morgan fingerprint density at radius 1 is 1.58 bits per heavy atom. The van der Waals surface area contributed by atoms with Crippen molar-refractivity contribution in [2.75, 3.05) is 12.9 Å². The van der Waals surface area contributed by atoms with Crippen LogP contribution in [0.5, 0.6) is 0 Å². The fraction of sp³-hybridized carbons (Fsp3) is 0.385.